The molecule has 0 bridgehead atoms. The number of aromatic nitrogens is 1. The minimum atomic E-state index is -3.82. The lowest BCUT2D eigenvalue weighted by Gasteiger charge is -2.10. The predicted octanol–water partition coefficient (Wildman–Crippen LogP) is 5.73. The van der Waals surface area contributed by atoms with E-state index in [4.69, 9.17) is 16.3 Å². The molecule has 4 rings (SSSR count). The molecule has 10 heteroatoms. The second-order valence-electron chi connectivity index (χ2n) is 6.81. The van der Waals surface area contributed by atoms with Crippen LogP contribution in [0.15, 0.2) is 82.0 Å². The Balaban J connectivity index is 1.48. The lowest BCUT2D eigenvalue weighted by Crippen LogP contribution is -2.13. The topological polar surface area (TPSA) is 101 Å². The van der Waals surface area contributed by atoms with Gasteiger partial charge in [0.05, 0.1) is 22.7 Å². The van der Waals surface area contributed by atoms with E-state index in [2.05, 4.69) is 14.7 Å². The van der Waals surface area contributed by atoms with Crippen LogP contribution in [0.1, 0.15) is 5.56 Å². The minimum absolute atomic E-state index is 0.0410. The molecule has 2 N–H and O–H groups in total. The van der Waals surface area contributed by atoms with Crippen molar-refractivity contribution < 1.29 is 18.3 Å². The highest BCUT2D eigenvalue weighted by Gasteiger charge is 2.16. The van der Waals surface area contributed by atoms with Crippen molar-refractivity contribution in [1.82, 2.24) is 4.98 Å². The average molecular weight is 500 g/mol. The highest BCUT2D eigenvalue weighted by atomic mass is 35.5. The molecule has 0 atom stereocenters. The summed E-state index contributed by atoms with van der Waals surface area (Å²) in [5.74, 6) is 0.424. The summed E-state index contributed by atoms with van der Waals surface area (Å²) in [7, 11) is -2.39. The van der Waals surface area contributed by atoms with Crippen molar-refractivity contribution in [3.8, 4) is 22.8 Å². The summed E-state index contributed by atoms with van der Waals surface area (Å²) in [5.41, 5.74) is 2.53. The number of phenols is 1. The Kier molecular flexibility index (Phi) is 6.64. The van der Waals surface area contributed by atoms with Gasteiger partial charge in [0.1, 0.15) is 11.5 Å². The molecule has 1 heterocycles. The summed E-state index contributed by atoms with van der Waals surface area (Å²) in [6.45, 7) is 0. The number of aliphatic imine (C=N–C) groups is 1. The van der Waals surface area contributed by atoms with Gasteiger partial charge in [0.25, 0.3) is 10.0 Å². The molecule has 4 aromatic rings. The van der Waals surface area contributed by atoms with Gasteiger partial charge in [0, 0.05) is 34.5 Å². The van der Waals surface area contributed by atoms with Crippen LogP contribution < -0.4 is 9.46 Å². The zero-order valence-electron chi connectivity index (χ0n) is 17.3. The van der Waals surface area contributed by atoms with Crippen LogP contribution in [0.25, 0.3) is 11.3 Å². The van der Waals surface area contributed by atoms with Crippen molar-refractivity contribution >= 4 is 50.0 Å². The number of nitrogens with zero attached hydrogens (tertiary/aromatic N) is 2. The molecule has 0 aliphatic heterocycles. The van der Waals surface area contributed by atoms with E-state index in [1.807, 2.05) is 11.4 Å². The summed E-state index contributed by atoms with van der Waals surface area (Å²) >= 11 is 7.34. The van der Waals surface area contributed by atoms with Crippen LogP contribution in [-0.4, -0.2) is 31.8 Å². The van der Waals surface area contributed by atoms with Gasteiger partial charge < -0.3 is 9.84 Å². The number of sulfonamides is 1. The number of phenolic OH excluding ortho intramolecular Hbond substituents is 1. The predicted molar refractivity (Wildman–Crippen MR) is 132 cm³/mol. The maximum Gasteiger partial charge on any atom is 0.262 e. The summed E-state index contributed by atoms with van der Waals surface area (Å²) in [5, 5.41) is 12.5. The lowest BCUT2D eigenvalue weighted by atomic mass is 10.1. The van der Waals surface area contributed by atoms with E-state index in [9.17, 15) is 13.5 Å². The SMILES string of the molecule is COc1cc(S(=O)(=O)Nc2ccc(-c3csc(N=Cc4ccccc4O)n3)cc2)ccc1Cl. The van der Waals surface area contributed by atoms with Crippen molar-refractivity contribution in [2.45, 2.75) is 4.90 Å². The van der Waals surface area contributed by atoms with Crippen LogP contribution in [0.5, 0.6) is 11.5 Å². The van der Waals surface area contributed by atoms with Crippen molar-refractivity contribution in [1.29, 1.82) is 0 Å². The Labute approximate surface area is 200 Å². The summed E-state index contributed by atoms with van der Waals surface area (Å²) in [6, 6.07) is 18.0. The van der Waals surface area contributed by atoms with Gasteiger partial charge in [0.15, 0.2) is 0 Å². The first-order valence-corrected chi connectivity index (χ1v) is 12.3. The van der Waals surface area contributed by atoms with Gasteiger partial charge in [-0.2, -0.15) is 0 Å². The minimum Gasteiger partial charge on any atom is -0.507 e. The van der Waals surface area contributed by atoms with Crippen molar-refractivity contribution in [3.63, 3.8) is 0 Å². The second kappa shape index (κ2) is 9.62. The van der Waals surface area contributed by atoms with E-state index in [0.717, 1.165) is 5.56 Å². The van der Waals surface area contributed by atoms with E-state index in [0.29, 0.717) is 27.1 Å². The number of aromatic hydroxyl groups is 1. The van der Waals surface area contributed by atoms with Crippen molar-refractivity contribution in [2.75, 3.05) is 11.8 Å². The van der Waals surface area contributed by atoms with E-state index in [-0.39, 0.29) is 16.4 Å². The van der Waals surface area contributed by atoms with E-state index in [1.54, 1.807) is 48.7 Å². The number of anilines is 1. The van der Waals surface area contributed by atoms with Gasteiger partial charge >= 0.3 is 0 Å². The summed E-state index contributed by atoms with van der Waals surface area (Å²) in [4.78, 5) is 8.83. The molecule has 0 saturated heterocycles. The van der Waals surface area contributed by atoms with Gasteiger partial charge in [0.2, 0.25) is 5.13 Å². The third-order valence-corrected chi connectivity index (χ3v) is 7.05. The van der Waals surface area contributed by atoms with Crippen LogP contribution in [0.3, 0.4) is 0 Å². The Hall–Kier alpha value is -3.40. The molecule has 0 aliphatic rings. The number of benzene rings is 3. The average Bonchev–Trinajstić information content (AvgIpc) is 3.28. The van der Waals surface area contributed by atoms with Crippen LogP contribution >= 0.6 is 22.9 Å². The first-order valence-electron chi connectivity index (χ1n) is 9.60. The number of para-hydroxylation sites is 1. The summed E-state index contributed by atoms with van der Waals surface area (Å²) in [6.07, 6.45) is 1.56. The maximum absolute atomic E-state index is 12.7. The van der Waals surface area contributed by atoms with Crippen LogP contribution in [0, 0.1) is 0 Å². The van der Waals surface area contributed by atoms with Gasteiger partial charge in [-0.25, -0.2) is 18.4 Å². The van der Waals surface area contributed by atoms with Gasteiger partial charge in [-0.3, -0.25) is 4.72 Å². The molecule has 33 heavy (non-hydrogen) atoms. The molecule has 0 aliphatic carbocycles. The summed E-state index contributed by atoms with van der Waals surface area (Å²) < 4.78 is 33.0. The quantitative estimate of drug-likeness (QED) is 0.316. The number of rotatable bonds is 7. The number of halogens is 1. The van der Waals surface area contributed by atoms with Crippen molar-refractivity contribution in [2.24, 2.45) is 4.99 Å². The highest BCUT2D eigenvalue weighted by molar-refractivity contribution is 7.92. The highest BCUT2D eigenvalue weighted by Crippen LogP contribution is 2.30. The maximum atomic E-state index is 12.7. The molecule has 0 saturated carbocycles. The van der Waals surface area contributed by atoms with E-state index in [1.165, 1.54) is 36.6 Å². The van der Waals surface area contributed by atoms with Crippen molar-refractivity contribution in [3.05, 3.63) is 82.7 Å². The first-order chi connectivity index (χ1) is 15.9. The van der Waals surface area contributed by atoms with Gasteiger partial charge in [-0.05, 0) is 36.4 Å². The molecule has 0 spiro atoms. The number of nitrogens with one attached hydrogen (secondary N) is 1. The zero-order valence-corrected chi connectivity index (χ0v) is 19.7. The van der Waals surface area contributed by atoms with Gasteiger partial charge in [-0.15, -0.1) is 11.3 Å². The smallest absolute Gasteiger partial charge is 0.262 e. The first kappa shape index (κ1) is 22.8. The molecule has 1 aromatic heterocycles. The fourth-order valence-electron chi connectivity index (χ4n) is 2.91. The number of hydrogen-bond acceptors (Lipinski definition) is 7. The Morgan fingerprint density at radius 2 is 1.88 bits per heavy atom. The standard InChI is InChI=1S/C23H18ClN3O4S2/c1-31-22-12-18(10-11-19(22)24)33(29,30)27-17-8-6-15(7-9-17)20-14-32-23(26-20)25-13-16-4-2-3-5-21(16)28/h2-14,27-28H,1H3. The molecule has 0 fully saturated rings. The van der Waals surface area contributed by atoms with E-state index < -0.39 is 10.0 Å². The number of thiazole rings is 1. The van der Waals surface area contributed by atoms with Gasteiger partial charge in [-0.1, -0.05) is 35.9 Å². The Morgan fingerprint density at radius 3 is 2.61 bits per heavy atom. The Morgan fingerprint density at radius 1 is 1.12 bits per heavy atom. The molecule has 0 radical (unpaired) electrons. The molecule has 168 valence electrons. The van der Waals surface area contributed by atoms with Crippen LogP contribution in [0.4, 0.5) is 10.8 Å². The molecule has 3 aromatic carbocycles. The molecule has 0 unspecified atom stereocenters. The van der Waals surface area contributed by atoms with Crippen LogP contribution in [0.2, 0.25) is 5.02 Å². The third-order valence-electron chi connectivity index (χ3n) is 4.61. The Bertz CT molecular complexity index is 1420. The molecule has 7 nitrogen and oxygen atoms in total. The van der Waals surface area contributed by atoms with E-state index >= 15 is 0 Å². The third kappa shape index (κ3) is 5.33. The zero-order chi connectivity index (χ0) is 23.4. The molecule has 0 amide bonds. The molecular weight excluding hydrogens is 482 g/mol. The fourth-order valence-corrected chi connectivity index (χ4v) is 4.85. The second-order valence-corrected chi connectivity index (χ2v) is 9.74. The number of methoxy groups -OCH3 is 1. The largest absolute Gasteiger partial charge is 0.507 e. The number of ether oxygens (including phenoxy) is 1. The molecular formula is C23H18ClN3O4S2. The number of hydrogen-bond donors (Lipinski definition) is 2. The normalized spacial score (nSPS) is 11.6. The fraction of sp³-hybridized carbons (Fsp3) is 0.0435. The lowest BCUT2D eigenvalue weighted by molar-refractivity contribution is 0.413. The van der Waals surface area contributed by atoms with Crippen LogP contribution in [-0.2, 0) is 10.0 Å². The monoisotopic (exact) mass is 499 g/mol.